The van der Waals surface area contributed by atoms with Gasteiger partial charge in [-0.2, -0.15) is 4.57 Å². The molecule has 0 atom stereocenters. The highest BCUT2D eigenvalue weighted by Crippen LogP contribution is 2.47. The summed E-state index contributed by atoms with van der Waals surface area (Å²) in [6.45, 7) is 0. The van der Waals surface area contributed by atoms with E-state index in [9.17, 15) is 0 Å². The summed E-state index contributed by atoms with van der Waals surface area (Å²) in [5, 5.41) is 3.22. The Morgan fingerprint density at radius 1 is 0.964 bits per heavy atom. The molecule has 0 saturated heterocycles. The number of hydrogen-bond acceptors (Lipinski definition) is 3. The molecule has 3 aromatic carbocycles. The van der Waals surface area contributed by atoms with Crippen LogP contribution in [-0.4, -0.2) is 7.05 Å². The molecule has 4 aromatic rings. The Kier molecular flexibility index (Phi) is 4.43. The average molecular weight is 422 g/mol. The highest BCUT2D eigenvalue weighted by Gasteiger charge is 2.25. The van der Waals surface area contributed by atoms with Crippen molar-refractivity contribution in [3.63, 3.8) is 0 Å². The van der Waals surface area contributed by atoms with Crippen LogP contribution in [0.15, 0.2) is 76.7 Å². The first kappa shape index (κ1) is 17.8. The van der Waals surface area contributed by atoms with E-state index in [1.165, 1.54) is 42.0 Å². The second-order valence-electron chi connectivity index (χ2n) is 6.80. The van der Waals surface area contributed by atoms with Crippen LogP contribution in [0, 0.1) is 0 Å². The Morgan fingerprint density at radius 3 is 2.61 bits per heavy atom. The molecule has 2 nitrogen and oxygen atoms in total. The van der Waals surface area contributed by atoms with Crippen LogP contribution in [0.4, 0.5) is 5.69 Å². The van der Waals surface area contributed by atoms with E-state index in [1.54, 1.807) is 11.3 Å². The van der Waals surface area contributed by atoms with Gasteiger partial charge in [-0.25, -0.2) is 0 Å². The number of hydrogen-bond donors (Lipinski definition) is 0. The molecule has 0 bridgehead atoms. The maximum absolute atomic E-state index is 6.17. The molecule has 0 amide bonds. The van der Waals surface area contributed by atoms with Crippen molar-refractivity contribution >= 4 is 56.7 Å². The molecule has 0 fully saturated rings. The van der Waals surface area contributed by atoms with E-state index in [-0.39, 0.29) is 0 Å². The lowest BCUT2D eigenvalue weighted by Gasteiger charge is -2.13. The van der Waals surface area contributed by atoms with Gasteiger partial charge >= 0.3 is 0 Å². The number of fused-ring (bicyclic) bond motifs is 2. The second-order valence-corrected chi connectivity index (χ2v) is 9.36. The first-order valence-electron chi connectivity index (χ1n) is 9.01. The highest BCUT2D eigenvalue weighted by molar-refractivity contribution is 8.03. The molecule has 5 heteroatoms. The number of rotatable bonds is 2. The minimum absolute atomic E-state index is 0.779. The third-order valence-electron chi connectivity index (χ3n) is 5.05. The molecule has 1 aromatic heterocycles. The lowest BCUT2D eigenvalue weighted by Crippen LogP contribution is -2.29. The molecular weight excluding hydrogens is 404 g/mol. The number of nitrogens with zero attached hydrogens (tertiary/aromatic N) is 2. The van der Waals surface area contributed by atoms with E-state index in [0.717, 1.165) is 5.02 Å². The number of thioether (sulfide) groups is 1. The number of halogens is 1. The van der Waals surface area contributed by atoms with Gasteiger partial charge in [-0.05, 0) is 35.4 Å². The standard InChI is InChI=1S/C23H18ClN2S2/c1-25-18-10-8-16(15-6-4-3-5-7-15)12-20(18)27-22(25)14-23-26(2)19-11-9-17(24)13-21(19)28-23/h3-14H,1-2H3/q+1. The van der Waals surface area contributed by atoms with E-state index in [2.05, 4.69) is 84.2 Å². The van der Waals surface area contributed by atoms with Crippen LogP contribution < -0.4 is 9.47 Å². The first-order chi connectivity index (χ1) is 13.6. The number of thiazole rings is 1. The van der Waals surface area contributed by atoms with Gasteiger partial charge in [0.25, 0.3) is 5.01 Å². The van der Waals surface area contributed by atoms with Crippen molar-refractivity contribution in [1.82, 2.24) is 0 Å². The number of aryl methyl sites for hydroxylation is 1. The molecule has 0 saturated carbocycles. The van der Waals surface area contributed by atoms with Crippen LogP contribution in [0.1, 0.15) is 5.01 Å². The molecule has 2 heterocycles. The Balaban J connectivity index is 1.53. The summed E-state index contributed by atoms with van der Waals surface area (Å²) in [7, 11) is 4.25. The van der Waals surface area contributed by atoms with Crippen LogP contribution in [0.25, 0.3) is 27.4 Å². The van der Waals surface area contributed by atoms with Crippen molar-refractivity contribution < 1.29 is 4.57 Å². The van der Waals surface area contributed by atoms with Gasteiger partial charge in [-0.15, -0.1) is 0 Å². The molecule has 0 N–H and O–H groups in total. The lowest BCUT2D eigenvalue weighted by molar-refractivity contribution is -0.642. The summed E-state index contributed by atoms with van der Waals surface area (Å²) in [4.78, 5) is 3.56. The van der Waals surface area contributed by atoms with Crippen LogP contribution in [-0.2, 0) is 7.05 Å². The Hall–Kier alpha value is -2.27. The zero-order chi connectivity index (χ0) is 19.3. The van der Waals surface area contributed by atoms with Gasteiger partial charge in [0.05, 0.1) is 16.8 Å². The summed E-state index contributed by atoms with van der Waals surface area (Å²) in [6.07, 6.45) is 2.27. The van der Waals surface area contributed by atoms with Crippen molar-refractivity contribution in [3.05, 3.63) is 81.8 Å². The van der Waals surface area contributed by atoms with Crippen molar-refractivity contribution in [2.75, 3.05) is 11.9 Å². The molecule has 28 heavy (non-hydrogen) atoms. The minimum atomic E-state index is 0.779. The van der Waals surface area contributed by atoms with Crippen molar-refractivity contribution in [1.29, 1.82) is 0 Å². The molecule has 1 aliphatic heterocycles. The largest absolute Gasteiger partial charge is 0.338 e. The van der Waals surface area contributed by atoms with Crippen molar-refractivity contribution in [2.45, 2.75) is 4.90 Å². The number of aromatic nitrogens is 1. The molecule has 5 rings (SSSR count). The van der Waals surface area contributed by atoms with E-state index >= 15 is 0 Å². The van der Waals surface area contributed by atoms with Crippen LogP contribution in [0.2, 0.25) is 5.02 Å². The molecule has 0 radical (unpaired) electrons. The van der Waals surface area contributed by atoms with Gasteiger partial charge in [0.15, 0.2) is 0 Å². The van der Waals surface area contributed by atoms with Gasteiger partial charge in [0.1, 0.15) is 11.7 Å². The van der Waals surface area contributed by atoms with E-state index in [0.29, 0.717) is 0 Å². The first-order valence-corrected chi connectivity index (χ1v) is 11.0. The number of benzene rings is 3. The summed E-state index contributed by atoms with van der Waals surface area (Å²) in [5.74, 6) is 0. The van der Waals surface area contributed by atoms with Gasteiger partial charge in [0, 0.05) is 23.0 Å². The fourth-order valence-electron chi connectivity index (χ4n) is 3.49. The molecular formula is C23H18ClN2S2+. The third-order valence-corrected chi connectivity index (χ3v) is 7.58. The third kappa shape index (κ3) is 3.02. The van der Waals surface area contributed by atoms with Crippen LogP contribution in [0.5, 0.6) is 0 Å². The smallest absolute Gasteiger partial charge is 0.265 e. The molecule has 138 valence electrons. The predicted molar refractivity (Wildman–Crippen MR) is 122 cm³/mol. The zero-order valence-electron chi connectivity index (χ0n) is 15.5. The van der Waals surface area contributed by atoms with Crippen molar-refractivity contribution in [3.8, 4) is 11.1 Å². The topological polar surface area (TPSA) is 7.12 Å². The average Bonchev–Trinajstić information content (AvgIpc) is 3.19. The van der Waals surface area contributed by atoms with E-state index in [4.69, 9.17) is 11.6 Å². The lowest BCUT2D eigenvalue weighted by atomic mass is 10.1. The monoisotopic (exact) mass is 421 g/mol. The normalized spacial score (nSPS) is 14.8. The van der Waals surface area contributed by atoms with Crippen molar-refractivity contribution in [2.24, 2.45) is 7.05 Å². The molecule has 1 aliphatic rings. The fourth-order valence-corrected chi connectivity index (χ4v) is 6.05. The summed E-state index contributed by atoms with van der Waals surface area (Å²) >= 11 is 9.76. The SMILES string of the molecule is CN1/C(=C/c2sc3cc(Cl)ccc3[n+]2C)Sc2cc(-c3ccccc3)ccc21. The van der Waals surface area contributed by atoms with Gasteiger partial charge < -0.3 is 4.90 Å². The van der Waals surface area contributed by atoms with Gasteiger partial charge in [-0.3, -0.25) is 0 Å². The molecule has 0 spiro atoms. The van der Waals surface area contributed by atoms with Gasteiger partial charge in [0.2, 0.25) is 5.52 Å². The van der Waals surface area contributed by atoms with Gasteiger partial charge in [-0.1, -0.05) is 71.1 Å². The summed E-state index contributed by atoms with van der Waals surface area (Å²) in [6, 6.07) is 23.3. The maximum atomic E-state index is 6.17. The quantitative estimate of drug-likeness (QED) is 0.337. The fraction of sp³-hybridized carbons (Fsp3) is 0.0870. The summed E-state index contributed by atoms with van der Waals surface area (Å²) < 4.78 is 3.44. The van der Waals surface area contributed by atoms with Crippen LogP contribution in [0.3, 0.4) is 0 Å². The predicted octanol–water partition coefficient (Wildman–Crippen LogP) is 6.59. The summed E-state index contributed by atoms with van der Waals surface area (Å²) in [5.41, 5.74) is 4.96. The number of anilines is 1. The maximum Gasteiger partial charge on any atom is 0.265 e. The molecule has 0 aliphatic carbocycles. The molecule has 0 unspecified atom stereocenters. The van der Waals surface area contributed by atoms with Crippen LogP contribution >= 0.6 is 34.7 Å². The Bertz CT molecular complexity index is 1230. The zero-order valence-corrected chi connectivity index (χ0v) is 17.9. The van der Waals surface area contributed by atoms with E-state index < -0.39 is 0 Å². The van der Waals surface area contributed by atoms with E-state index in [1.807, 2.05) is 23.9 Å². The minimum Gasteiger partial charge on any atom is -0.338 e. The Morgan fingerprint density at radius 2 is 1.79 bits per heavy atom. The Labute approximate surface area is 177 Å². The highest BCUT2D eigenvalue weighted by atomic mass is 35.5. The second kappa shape index (κ2) is 6.96.